The molecular weight excluding hydrogens is 550 g/mol. The molecule has 1 spiro atoms. The van der Waals surface area contributed by atoms with Gasteiger partial charge in [-0.05, 0) is 31.7 Å². The molecule has 10 nitrogen and oxygen atoms in total. The smallest absolute Gasteiger partial charge is 0.306 e. The molecule has 7 atom stereocenters. The van der Waals surface area contributed by atoms with Crippen molar-refractivity contribution in [3.05, 3.63) is 60.2 Å². The van der Waals surface area contributed by atoms with Crippen molar-refractivity contribution >= 4 is 23.7 Å². The number of fused-ring (bicyclic) bond motifs is 2. The lowest BCUT2D eigenvalue weighted by atomic mass is 9.77. The van der Waals surface area contributed by atoms with Gasteiger partial charge in [-0.1, -0.05) is 73.9 Å². The Morgan fingerprint density at radius 2 is 1.81 bits per heavy atom. The van der Waals surface area contributed by atoms with Crippen LogP contribution in [0.25, 0.3) is 0 Å². The molecule has 43 heavy (non-hydrogen) atoms. The minimum atomic E-state index is -1.38. The van der Waals surface area contributed by atoms with Crippen molar-refractivity contribution in [3.63, 3.8) is 0 Å². The predicted octanol–water partition coefficient (Wildman–Crippen LogP) is 2.43. The highest BCUT2D eigenvalue weighted by Gasteiger charge is 2.72. The molecule has 1 aromatic carbocycles. The fraction of sp³-hybridized carbons (Fsp3) is 0.576. The number of ether oxygens (including phenoxy) is 2. The van der Waals surface area contributed by atoms with Crippen LogP contribution < -0.4 is 5.32 Å². The molecular formula is C33H41N3O7. The molecule has 1 saturated carbocycles. The lowest BCUT2D eigenvalue weighted by molar-refractivity contribution is -0.152. The first-order chi connectivity index (χ1) is 20.9. The number of aliphatic hydroxyl groups excluding tert-OH is 1. The number of esters is 1. The molecule has 10 heteroatoms. The Bertz CT molecular complexity index is 1290. The van der Waals surface area contributed by atoms with Crippen LogP contribution in [0.3, 0.4) is 0 Å². The Labute approximate surface area is 252 Å². The third kappa shape index (κ3) is 5.29. The Morgan fingerprint density at radius 1 is 1.05 bits per heavy atom. The number of nitrogens with one attached hydrogen (secondary N) is 1. The largest absolute Gasteiger partial charge is 0.463 e. The molecule has 0 bridgehead atoms. The maximum atomic E-state index is 14.5. The Hall–Kier alpha value is -3.50. The van der Waals surface area contributed by atoms with E-state index in [1.54, 1.807) is 19.1 Å². The summed E-state index contributed by atoms with van der Waals surface area (Å²) in [5, 5.41) is 13.2. The third-order valence-electron chi connectivity index (χ3n) is 9.79. The summed E-state index contributed by atoms with van der Waals surface area (Å²) < 4.78 is 12.3. The highest BCUT2D eigenvalue weighted by atomic mass is 16.5. The Balaban J connectivity index is 1.41. The molecule has 2 saturated heterocycles. The van der Waals surface area contributed by atoms with Gasteiger partial charge in [0.2, 0.25) is 17.7 Å². The summed E-state index contributed by atoms with van der Waals surface area (Å²) in [6.45, 7) is 1.75. The number of hydrogen-bond donors (Lipinski definition) is 2. The van der Waals surface area contributed by atoms with Crippen LogP contribution in [0.1, 0.15) is 63.5 Å². The molecule has 3 amide bonds. The van der Waals surface area contributed by atoms with Gasteiger partial charge in [0.15, 0.2) is 0 Å². The topological polar surface area (TPSA) is 125 Å². The fourth-order valence-corrected chi connectivity index (χ4v) is 7.68. The minimum Gasteiger partial charge on any atom is -0.463 e. The van der Waals surface area contributed by atoms with Gasteiger partial charge in [0.1, 0.15) is 18.2 Å². The van der Waals surface area contributed by atoms with E-state index in [1.165, 1.54) is 4.90 Å². The number of cyclic esters (lactones) is 1. The van der Waals surface area contributed by atoms with Gasteiger partial charge in [-0.15, -0.1) is 0 Å². The summed E-state index contributed by atoms with van der Waals surface area (Å²) in [5.41, 5.74) is -0.618. The standard InChI is InChI=1S/C33H41N3O7/c1-21(19-37)36-29-32(41)35(23-13-6-3-7-14-23)18-10-17-33(29)28(31(36)40)27-25(43-33)15-8-9-16-26(38)42-20-24(34-30(27)39)22-11-4-2-5-12-22/h2,4-5,8,10-12,15,17,21,23-25,27-29,37H,3,6-7,9,13-14,16,18-20H2,1H3,(H,34,39)/b15-8-/t21-,24+,25-,27+,28+,29-,33+/m1/s1. The fourth-order valence-electron chi connectivity index (χ4n) is 7.68. The van der Waals surface area contributed by atoms with Crippen LogP contribution in [0.15, 0.2) is 54.6 Å². The van der Waals surface area contributed by atoms with Crippen molar-refractivity contribution in [3.8, 4) is 0 Å². The first kappa shape index (κ1) is 29.6. The van der Waals surface area contributed by atoms with E-state index in [0.29, 0.717) is 13.0 Å². The molecule has 1 aliphatic carbocycles. The number of amides is 3. The van der Waals surface area contributed by atoms with E-state index in [9.17, 15) is 24.3 Å². The van der Waals surface area contributed by atoms with Gasteiger partial charge in [-0.2, -0.15) is 0 Å². The summed E-state index contributed by atoms with van der Waals surface area (Å²) >= 11 is 0. The average molecular weight is 592 g/mol. The number of rotatable bonds is 4. The zero-order chi connectivity index (χ0) is 30.1. The van der Waals surface area contributed by atoms with Crippen molar-refractivity contribution in [2.45, 2.75) is 87.7 Å². The molecule has 0 aromatic heterocycles. The molecule has 0 unspecified atom stereocenters. The van der Waals surface area contributed by atoms with E-state index < -0.39 is 47.6 Å². The van der Waals surface area contributed by atoms with Crippen LogP contribution in [0.5, 0.6) is 0 Å². The van der Waals surface area contributed by atoms with E-state index in [0.717, 1.165) is 37.7 Å². The van der Waals surface area contributed by atoms with E-state index in [1.807, 2.05) is 47.4 Å². The van der Waals surface area contributed by atoms with Crippen LogP contribution in [0.4, 0.5) is 0 Å². The highest BCUT2D eigenvalue weighted by molar-refractivity contribution is 6.00. The summed E-state index contributed by atoms with van der Waals surface area (Å²) in [5.74, 6) is -3.28. The lowest BCUT2D eigenvalue weighted by Gasteiger charge is -2.40. The van der Waals surface area contributed by atoms with Crippen molar-refractivity contribution in [1.29, 1.82) is 0 Å². The van der Waals surface area contributed by atoms with Gasteiger partial charge in [-0.3, -0.25) is 19.2 Å². The van der Waals surface area contributed by atoms with Crippen molar-refractivity contribution < 1.29 is 33.8 Å². The molecule has 2 N–H and O–H groups in total. The van der Waals surface area contributed by atoms with Crippen LogP contribution >= 0.6 is 0 Å². The number of allylic oxidation sites excluding steroid dienone is 1. The lowest BCUT2D eigenvalue weighted by Crippen LogP contribution is -2.59. The Morgan fingerprint density at radius 3 is 2.56 bits per heavy atom. The van der Waals surface area contributed by atoms with Crippen molar-refractivity contribution in [1.82, 2.24) is 15.1 Å². The molecule has 1 aromatic rings. The molecule has 4 heterocycles. The average Bonchev–Trinajstić information content (AvgIpc) is 3.42. The summed E-state index contributed by atoms with van der Waals surface area (Å²) in [6.07, 6.45) is 12.1. The van der Waals surface area contributed by atoms with Gasteiger partial charge >= 0.3 is 5.97 Å². The van der Waals surface area contributed by atoms with Crippen LogP contribution in [0.2, 0.25) is 0 Å². The van der Waals surface area contributed by atoms with E-state index in [4.69, 9.17) is 9.47 Å². The molecule has 6 rings (SSSR count). The second kappa shape index (κ2) is 12.2. The molecule has 4 aliphatic heterocycles. The maximum Gasteiger partial charge on any atom is 0.306 e. The van der Waals surface area contributed by atoms with E-state index >= 15 is 0 Å². The zero-order valence-corrected chi connectivity index (χ0v) is 24.6. The molecule has 0 radical (unpaired) electrons. The number of benzene rings is 1. The van der Waals surface area contributed by atoms with Gasteiger partial charge in [-0.25, -0.2) is 0 Å². The monoisotopic (exact) mass is 591 g/mol. The number of hydrogen-bond acceptors (Lipinski definition) is 7. The summed E-state index contributed by atoms with van der Waals surface area (Å²) in [4.78, 5) is 58.9. The normalized spacial score (nSPS) is 35.1. The second-order valence-electron chi connectivity index (χ2n) is 12.4. The van der Waals surface area contributed by atoms with Crippen molar-refractivity contribution in [2.24, 2.45) is 11.8 Å². The number of carbonyl (C=O) groups excluding carboxylic acids is 4. The predicted molar refractivity (Wildman–Crippen MR) is 156 cm³/mol. The first-order valence-electron chi connectivity index (χ1n) is 15.6. The number of carbonyl (C=O) groups is 4. The SMILES string of the molecule is C[C@H](CO)N1C(=O)[C@@H]2[C@H]3C(=O)N[C@H](c4ccccc4)COC(=O)CC/C=C\[C@H]3O[C@@]23C=CCN(C2CCCCC2)C(=O)[C@@H]13. The van der Waals surface area contributed by atoms with E-state index in [-0.39, 0.29) is 43.5 Å². The quantitative estimate of drug-likeness (QED) is 0.407. The minimum absolute atomic E-state index is 0.0503. The molecule has 3 fully saturated rings. The van der Waals surface area contributed by atoms with Crippen molar-refractivity contribution in [2.75, 3.05) is 19.8 Å². The maximum absolute atomic E-state index is 14.5. The summed E-state index contributed by atoms with van der Waals surface area (Å²) in [7, 11) is 0. The van der Waals surface area contributed by atoms with Gasteiger partial charge in [0, 0.05) is 19.0 Å². The van der Waals surface area contributed by atoms with Crippen LogP contribution in [-0.4, -0.2) is 88.2 Å². The van der Waals surface area contributed by atoms with Gasteiger partial charge in [0.25, 0.3) is 0 Å². The van der Waals surface area contributed by atoms with E-state index in [2.05, 4.69) is 5.32 Å². The zero-order valence-electron chi connectivity index (χ0n) is 24.6. The van der Waals surface area contributed by atoms with Gasteiger partial charge < -0.3 is 29.7 Å². The number of likely N-dealkylation sites (tertiary alicyclic amines) is 1. The third-order valence-corrected chi connectivity index (χ3v) is 9.79. The number of aliphatic hydroxyl groups is 1. The van der Waals surface area contributed by atoms with Crippen LogP contribution in [0, 0.1) is 11.8 Å². The first-order valence-corrected chi connectivity index (χ1v) is 15.6. The molecule has 230 valence electrons. The molecule has 5 aliphatic rings. The second-order valence-corrected chi connectivity index (χ2v) is 12.4. The van der Waals surface area contributed by atoms with Crippen LogP contribution in [-0.2, 0) is 28.7 Å². The van der Waals surface area contributed by atoms with Gasteiger partial charge in [0.05, 0.1) is 36.6 Å². The summed E-state index contributed by atoms with van der Waals surface area (Å²) in [6, 6.07) is 7.04. The Kier molecular flexibility index (Phi) is 8.42. The number of nitrogens with zero attached hydrogens (tertiary/aromatic N) is 2. The highest BCUT2D eigenvalue weighted by Crippen LogP contribution is 2.53.